The third-order valence-corrected chi connectivity index (χ3v) is 4.37. The molecule has 0 N–H and O–H groups in total. The van der Waals surface area contributed by atoms with Crippen molar-refractivity contribution >= 4 is 28.7 Å². The van der Waals surface area contributed by atoms with Crippen molar-refractivity contribution in [1.29, 1.82) is 0 Å². The number of rotatable bonds is 4. The summed E-state index contributed by atoms with van der Waals surface area (Å²) in [5, 5.41) is 2.69. The zero-order valence-electron chi connectivity index (χ0n) is 9.16. The molecule has 3 nitrogen and oxygen atoms in total. The topological polar surface area (TPSA) is 39.2 Å². The molecular weight excluding hydrogens is 246 g/mol. The average molecular weight is 260 g/mol. The minimum Gasteiger partial charge on any atom is -0.371 e. The fourth-order valence-electron chi connectivity index (χ4n) is 2.13. The average Bonchev–Trinajstić information content (AvgIpc) is 2.96. The SMILES string of the molecule is COC1(c2nc(C(=O)CCl)cs2)CCCC1. The molecule has 16 heavy (non-hydrogen) atoms. The molecule has 1 aromatic rings. The highest BCUT2D eigenvalue weighted by atomic mass is 35.5. The molecule has 5 heteroatoms. The number of aromatic nitrogens is 1. The second-order valence-electron chi connectivity index (χ2n) is 4.00. The summed E-state index contributed by atoms with van der Waals surface area (Å²) in [5.74, 6) is -0.128. The molecule has 0 saturated heterocycles. The molecule has 0 aromatic carbocycles. The van der Waals surface area contributed by atoms with Crippen LogP contribution in [0.4, 0.5) is 0 Å². The summed E-state index contributed by atoms with van der Waals surface area (Å²) in [5.41, 5.74) is 0.216. The number of carbonyl (C=O) groups excluding carboxylic acids is 1. The Balaban J connectivity index is 2.26. The lowest BCUT2D eigenvalue weighted by molar-refractivity contribution is -0.00891. The Morgan fingerprint density at radius 3 is 2.88 bits per heavy atom. The van der Waals surface area contributed by atoms with Crippen molar-refractivity contribution < 1.29 is 9.53 Å². The van der Waals surface area contributed by atoms with Gasteiger partial charge in [0, 0.05) is 12.5 Å². The molecule has 1 aromatic heterocycles. The standard InChI is InChI=1S/C11H14ClNO2S/c1-15-11(4-2-3-5-11)10-13-8(7-16-10)9(14)6-12/h7H,2-6H2,1H3. The van der Waals surface area contributed by atoms with Crippen LogP contribution in [0.25, 0.3) is 0 Å². The van der Waals surface area contributed by atoms with Crippen LogP contribution in [0.5, 0.6) is 0 Å². The smallest absolute Gasteiger partial charge is 0.196 e. The summed E-state index contributed by atoms with van der Waals surface area (Å²) in [4.78, 5) is 15.8. The summed E-state index contributed by atoms with van der Waals surface area (Å²) in [6, 6.07) is 0. The normalized spacial score (nSPS) is 18.9. The molecule has 0 radical (unpaired) electrons. The van der Waals surface area contributed by atoms with Gasteiger partial charge in [-0.15, -0.1) is 22.9 Å². The van der Waals surface area contributed by atoms with Crippen molar-refractivity contribution in [2.45, 2.75) is 31.3 Å². The van der Waals surface area contributed by atoms with Crippen molar-refractivity contribution in [1.82, 2.24) is 4.98 Å². The van der Waals surface area contributed by atoms with E-state index in [-0.39, 0.29) is 17.3 Å². The highest BCUT2D eigenvalue weighted by molar-refractivity contribution is 7.10. The molecule has 1 aliphatic carbocycles. The number of halogens is 1. The maximum Gasteiger partial charge on any atom is 0.196 e. The fraction of sp³-hybridized carbons (Fsp3) is 0.636. The van der Waals surface area contributed by atoms with Gasteiger partial charge in [-0.05, 0) is 12.8 Å². The Hall–Kier alpha value is -0.450. The Labute approximate surface area is 104 Å². The second kappa shape index (κ2) is 4.82. The first-order valence-corrected chi connectivity index (χ1v) is 6.73. The van der Waals surface area contributed by atoms with Crippen molar-refractivity contribution in [3.63, 3.8) is 0 Å². The Bertz CT molecular complexity index is 385. The molecule has 0 amide bonds. The minimum absolute atomic E-state index is 0.0108. The van der Waals surface area contributed by atoms with Crippen molar-refractivity contribution in [2.75, 3.05) is 13.0 Å². The maximum absolute atomic E-state index is 11.4. The van der Waals surface area contributed by atoms with Gasteiger partial charge >= 0.3 is 0 Å². The van der Waals surface area contributed by atoms with Gasteiger partial charge in [0.15, 0.2) is 5.78 Å². The number of alkyl halides is 1. The number of nitrogens with zero attached hydrogens (tertiary/aromatic N) is 1. The highest BCUT2D eigenvalue weighted by Crippen LogP contribution is 2.42. The fourth-order valence-corrected chi connectivity index (χ4v) is 3.33. The van der Waals surface area contributed by atoms with E-state index in [1.165, 1.54) is 11.3 Å². The molecule has 0 unspecified atom stereocenters. The van der Waals surface area contributed by atoms with E-state index in [0.717, 1.165) is 30.7 Å². The lowest BCUT2D eigenvalue weighted by atomic mass is 10.0. The monoisotopic (exact) mass is 259 g/mol. The summed E-state index contributed by atoms with van der Waals surface area (Å²) >= 11 is 7.01. The molecule has 0 bridgehead atoms. The second-order valence-corrected chi connectivity index (χ2v) is 5.13. The van der Waals surface area contributed by atoms with Crippen LogP contribution in [-0.4, -0.2) is 23.8 Å². The minimum atomic E-state index is -0.254. The van der Waals surface area contributed by atoms with Crippen molar-refractivity contribution in [2.24, 2.45) is 0 Å². The van der Waals surface area contributed by atoms with Gasteiger partial charge in [-0.2, -0.15) is 0 Å². The van der Waals surface area contributed by atoms with Crippen LogP contribution in [-0.2, 0) is 10.3 Å². The molecule has 88 valence electrons. The number of Topliss-reactive ketones (excluding diaryl/α,β-unsaturated/α-hetero) is 1. The largest absolute Gasteiger partial charge is 0.371 e. The Morgan fingerprint density at radius 2 is 2.31 bits per heavy atom. The lowest BCUT2D eigenvalue weighted by Crippen LogP contribution is -2.24. The summed E-state index contributed by atoms with van der Waals surface area (Å²) in [7, 11) is 1.72. The zero-order chi connectivity index (χ0) is 11.6. The van der Waals surface area contributed by atoms with E-state index in [9.17, 15) is 4.79 Å². The van der Waals surface area contributed by atoms with Gasteiger partial charge < -0.3 is 4.74 Å². The van der Waals surface area contributed by atoms with E-state index in [2.05, 4.69) is 4.98 Å². The number of thiazole rings is 1. The third kappa shape index (κ3) is 2.01. The van der Waals surface area contributed by atoms with Gasteiger partial charge in [-0.25, -0.2) is 4.98 Å². The molecule has 1 aliphatic rings. The number of hydrogen-bond donors (Lipinski definition) is 0. The lowest BCUT2D eigenvalue weighted by Gasteiger charge is -2.24. The number of carbonyl (C=O) groups is 1. The van der Waals surface area contributed by atoms with Gasteiger partial charge in [0.25, 0.3) is 0 Å². The van der Waals surface area contributed by atoms with Crippen LogP contribution in [0, 0.1) is 0 Å². The van der Waals surface area contributed by atoms with Crippen LogP contribution in [0.3, 0.4) is 0 Å². The molecule has 1 fully saturated rings. The van der Waals surface area contributed by atoms with E-state index in [1.54, 1.807) is 12.5 Å². The zero-order valence-corrected chi connectivity index (χ0v) is 10.7. The molecule has 0 spiro atoms. The van der Waals surface area contributed by atoms with E-state index < -0.39 is 0 Å². The first-order chi connectivity index (χ1) is 7.72. The quantitative estimate of drug-likeness (QED) is 0.616. The summed E-state index contributed by atoms with van der Waals surface area (Å²) in [6.45, 7) is 0. The van der Waals surface area contributed by atoms with E-state index >= 15 is 0 Å². The van der Waals surface area contributed by atoms with Crippen molar-refractivity contribution in [3.05, 3.63) is 16.1 Å². The molecule has 1 saturated carbocycles. The molecular formula is C11H14ClNO2S. The molecule has 0 atom stereocenters. The van der Waals surface area contributed by atoms with Gasteiger partial charge in [0.05, 0.1) is 5.88 Å². The highest BCUT2D eigenvalue weighted by Gasteiger charge is 2.38. The number of ether oxygens (including phenoxy) is 1. The Kier molecular flexibility index (Phi) is 3.62. The first-order valence-electron chi connectivity index (χ1n) is 5.32. The van der Waals surface area contributed by atoms with E-state index in [0.29, 0.717) is 5.69 Å². The summed E-state index contributed by atoms with van der Waals surface area (Å²) < 4.78 is 5.62. The molecule has 1 heterocycles. The predicted octanol–water partition coefficient (Wildman–Crippen LogP) is 2.98. The first kappa shape index (κ1) is 12.0. The van der Waals surface area contributed by atoms with Gasteiger partial charge in [-0.3, -0.25) is 4.79 Å². The molecule has 0 aliphatic heterocycles. The maximum atomic E-state index is 11.4. The van der Waals surface area contributed by atoms with Gasteiger partial charge in [0.2, 0.25) is 0 Å². The van der Waals surface area contributed by atoms with E-state index in [1.807, 2.05) is 0 Å². The van der Waals surface area contributed by atoms with E-state index in [4.69, 9.17) is 16.3 Å². The van der Waals surface area contributed by atoms with Gasteiger partial charge in [0.1, 0.15) is 16.3 Å². The van der Waals surface area contributed by atoms with Gasteiger partial charge in [-0.1, -0.05) is 12.8 Å². The van der Waals surface area contributed by atoms with Crippen molar-refractivity contribution in [3.8, 4) is 0 Å². The van der Waals surface area contributed by atoms with Crippen LogP contribution in [0.1, 0.15) is 41.2 Å². The van der Waals surface area contributed by atoms with Crippen LogP contribution in [0.2, 0.25) is 0 Å². The van der Waals surface area contributed by atoms with Crippen LogP contribution in [0.15, 0.2) is 5.38 Å². The van der Waals surface area contributed by atoms with Crippen LogP contribution >= 0.6 is 22.9 Å². The van der Waals surface area contributed by atoms with Crippen LogP contribution < -0.4 is 0 Å². The predicted molar refractivity (Wildman–Crippen MR) is 64.3 cm³/mol. The number of ketones is 1. The molecule has 2 rings (SSSR count). The summed E-state index contributed by atoms with van der Waals surface area (Å²) in [6.07, 6.45) is 4.30. The third-order valence-electron chi connectivity index (χ3n) is 3.10. The number of hydrogen-bond acceptors (Lipinski definition) is 4. The Morgan fingerprint density at radius 1 is 1.62 bits per heavy atom. The number of methoxy groups -OCH3 is 1.